The van der Waals surface area contributed by atoms with Crippen LogP contribution in [-0.4, -0.2) is 54.9 Å². The number of halogens is 2. The van der Waals surface area contributed by atoms with E-state index in [0.717, 1.165) is 16.6 Å². The minimum atomic E-state index is -4.02. The van der Waals surface area contributed by atoms with E-state index in [0.29, 0.717) is 10.6 Å². The number of hydrogen-bond acceptors (Lipinski definition) is 6. The largest absolute Gasteiger partial charge is 0.352 e. The lowest BCUT2D eigenvalue weighted by Gasteiger charge is -2.33. The number of carbonyl (C=O) groups is 2. The number of carbonyl (C=O) groups excluding carboxylic acids is 2. The fourth-order valence-electron chi connectivity index (χ4n) is 3.51. The second-order valence-corrected chi connectivity index (χ2v) is 11.1. The van der Waals surface area contributed by atoms with Gasteiger partial charge in [0.1, 0.15) is 12.6 Å². The Morgan fingerprint density at radius 1 is 1.11 bits per heavy atom. The Kier molecular flexibility index (Phi) is 10.1. The van der Waals surface area contributed by atoms with E-state index in [1.165, 1.54) is 23.1 Å². The lowest BCUT2D eigenvalue weighted by Crippen LogP contribution is -2.53. The van der Waals surface area contributed by atoms with Gasteiger partial charge < -0.3 is 10.2 Å². The van der Waals surface area contributed by atoms with Crippen molar-refractivity contribution < 1.29 is 22.9 Å². The van der Waals surface area contributed by atoms with Crippen LogP contribution in [0.25, 0.3) is 0 Å². The van der Waals surface area contributed by atoms with Crippen molar-refractivity contribution in [2.75, 3.05) is 17.1 Å². The number of rotatable bonds is 11. The molecule has 2 aromatic carbocycles. The molecule has 2 amide bonds. The molecule has 36 heavy (non-hydrogen) atoms. The van der Waals surface area contributed by atoms with Crippen molar-refractivity contribution in [3.05, 3.63) is 68.2 Å². The zero-order chi connectivity index (χ0) is 27.2. The summed E-state index contributed by atoms with van der Waals surface area (Å²) >= 11 is 12.1. The third-order valence-corrected chi connectivity index (χ3v) is 7.04. The van der Waals surface area contributed by atoms with E-state index in [1.807, 2.05) is 0 Å². The van der Waals surface area contributed by atoms with Crippen molar-refractivity contribution in [1.82, 2.24) is 10.2 Å². The van der Waals surface area contributed by atoms with E-state index < -0.39 is 39.3 Å². The van der Waals surface area contributed by atoms with E-state index in [9.17, 15) is 28.1 Å². The van der Waals surface area contributed by atoms with Crippen LogP contribution in [0.1, 0.15) is 32.8 Å². The molecule has 0 bridgehead atoms. The summed E-state index contributed by atoms with van der Waals surface area (Å²) < 4.78 is 26.0. The van der Waals surface area contributed by atoms with Crippen LogP contribution >= 0.6 is 23.2 Å². The molecule has 1 atom stereocenters. The van der Waals surface area contributed by atoms with Crippen LogP contribution in [0.3, 0.4) is 0 Å². The first-order chi connectivity index (χ1) is 16.7. The Balaban J connectivity index is 2.50. The summed E-state index contributed by atoms with van der Waals surface area (Å²) in [5.74, 6) is -1.08. The van der Waals surface area contributed by atoms with Gasteiger partial charge >= 0.3 is 0 Å². The van der Waals surface area contributed by atoms with Crippen molar-refractivity contribution in [2.24, 2.45) is 0 Å². The smallest absolute Gasteiger partial charge is 0.271 e. The molecule has 196 valence electrons. The average Bonchev–Trinajstić information content (AvgIpc) is 2.78. The van der Waals surface area contributed by atoms with Gasteiger partial charge in [-0.15, -0.1) is 0 Å². The zero-order valence-electron chi connectivity index (χ0n) is 20.3. The lowest BCUT2D eigenvalue weighted by molar-refractivity contribution is -0.384. The molecule has 0 aliphatic heterocycles. The fraction of sp³-hybridized carbons (Fsp3) is 0.391. The highest BCUT2D eigenvalue weighted by Gasteiger charge is 2.32. The maximum atomic E-state index is 13.6. The molecule has 0 aliphatic rings. The van der Waals surface area contributed by atoms with Crippen LogP contribution < -0.4 is 9.62 Å². The maximum absolute atomic E-state index is 13.6. The van der Waals surface area contributed by atoms with Crippen molar-refractivity contribution in [2.45, 2.75) is 45.8 Å². The van der Waals surface area contributed by atoms with Gasteiger partial charge in [0.05, 0.1) is 26.9 Å². The molecule has 1 N–H and O–H groups in total. The van der Waals surface area contributed by atoms with Crippen molar-refractivity contribution >= 4 is 56.4 Å². The predicted molar refractivity (Wildman–Crippen MR) is 140 cm³/mol. The van der Waals surface area contributed by atoms with E-state index in [4.69, 9.17) is 23.2 Å². The van der Waals surface area contributed by atoms with Gasteiger partial charge in [0.2, 0.25) is 21.8 Å². The van der Waals surface area contributed by atoms with Crippen molar-refractivity contribution in [3.8, 4) is 0 Å². The van der Waals surface area contributed by atoms with E-state index in [1.54, 1.807) is 39.0 Å². The number of benzene rings is 2. The van der Waals surface area contributed by atoms with Gasteiger partial charge in [-0.1, -0.05) is 42.3 Å². The highest BCUT2D eigenvalue weighted by atomic mass is 35.5. The molecule has 0 aromatic heterocycles. The lowest BCUT2D eigenvalue weighted by atomic mass is 10.1. The summed E-state index contributed by atoms with van der Waals surface area (Å²) in [7, 11) is -4.02. The maximum Gasteiger partial charge on any atom is 0.271 e. The number of anilines is 1. The minimum absolute atomic E-state index is 0.0470. The molecule has 1 unspecified atom stereocenters. The number of nitrogens with one attached hydrogen (secondary N) is 1. The van der Waals surface area contributed by atoms with Crippen LogP contribution in [0, 0.1) is 10.1 Å². The topological polar surface area (TPSA) is 130 Å². The summed E-state index contributed by atoms with van der Waals surface area (Å²) in [6.45, 7) is 4.57. The monoisotopic (exact) mass is 558 g/mol. The summed E-state index contributed by atoms with van der Waals surface area (Å²) in [6.07, 6.45) is 1.15. The molecule has 0 saturated heterocycles. The van der Waals surface area contributed by atoms with Crippen LogP contribution in [0.4, 0.5) is 11.4 Å². The van der Waals surface area contributed by atoms with E-state index >= 15 is 0 Å². The van der Waals surface area contributed by atoms with E-state index in [2.05, 4.69) is 5.32 Å². The Bertz CT molecular complexity index is 1240. The molecule has 13 heteroatoms. The predicted octanol–water partition coefficient (Wildman–Crippen LogP) is 4.00. The Hall–Kier alpha value is -2.89. The van der Waals surface area contributed by atoms with Crippen LogP contribution in [0.5, 0.6) is 0 Å². The van der Waals surface area contributed by atoms with Crippen molar-refractivity contribution in [1.29, 1.82) is 0 Å². The first kappa shape index (κ1) is 29.3. The second-order valence-electron chi connectivity index (χ2n) is 8.40. The number of sulfonamides is 1. The molecule has 10 nitrogen and oxygen atoms in total. The summed E-state index contributed by atoms with van der Waals surface area (Å²) in [4.78, 5) is 38.4. The molecule has 0 heterocycles. The van der Waals surface area contributed by atoms with Gasteiger partial charge in [-0.25, -0.2) is 8.42 Å². The van der Waals surface area contributed by atoms with Crippen LogP contribution in [0.2, 0.25) is 10.0 Å². The minimum Gasteiger partial charge on any atom is -0.352 e. The van der Waals surface area contributed by atoms with Gasteiger partial charge in [0.15, 0.2) is 0 Å². The molecular weight excluding hydrogens is 531 g/mol. The molecule has 0 fully saturated rings. The van der Waals surface area contributed by atoms with Crippen LogP contribution in [0.15, 0.2) is 42.5 Å². The highest BCUT2D eigenvalue weighted by molar-refractivity contribution is 7.92. The molecule has 0 aliphatic carbocycles. The first-order valence-corrected chi connectivity index (χ1v) is 13.6. The Morgan fingerprint density at radius 2 is 1.78 bits per heavy atom. The number of hydrogen-bond donors (Lipinski definition) is 1. The quantitative estimate of drug-likeness (QED) is 0.327. The standard InChI is InChI=1S/C23H28Cl2N4O6S/c1-5-21(23(31)26-15(2)3)27(13-16-9-10-19(24)20(25)11-16)22(30)14-28(36(4,34)35)17-7-6-8-18(12-17)29(32)33/h6-12,15,21H,5,13-14H2,1-4H3,(H,26,31). The molecule has 2 aromatic rings. The van der Waals surface area contributed by atoms with Gasteiger partial charge in [-0.2, -0.15) is 0 Å². The summed E-state index contributed by atoms with van der Waals surface area (Å²) in [5.41, 5.74) is 0.202. The summed E-state index contributed by atoms with van der Waals surface area (Å²) in [5, 5.41) is 14.6. The molecule has 0 radical (unpaired) electrons. The number of amides is 2. The second kappa shape index (κ2) is 12.4. The number of nitro benzene ring substituents is 1. The molecule has 2 rings (SSSR count). The van der Waals surface area contributed by atoms with Gasteiger partial charge in [0.25, 0.3) is 5.69 Å². The number of nitro groups is 1. The summed E-state index contributed by atoms with van der Waals surface area (Å²) in [6, 6.07) is 8.63. The SMILES string of the molecule is CCC(C(=O)NC(C)C)N(Cc1ccc(Cl)c(Cl)c1)C(=O)CN(c1cccc([N+](=O)[O-])c1)S(C)(=O)=O. The van der Waals surface area contributed by atoms with Gasteiger partial charge in [0, 0.05) is 24.7 Å². The molecular formula is C23H28Cl2N4O6S. The molecule has 0 spiro atoms. The van der Waals surface area contributed by atoms with E-state index in [-0.39, 0.29) is 35.4 Å². The third kappa shape index (κ3) is 7.81. The average molecular weight is 559 g/mol. The number of nitrogens with zero attached hydrogens (tertiary/aromatic N) is 3. The normalized spacial score (nSPS) is 12.2. The molecule has 0 saturated carbocycles. The zero-order valence-corrected chi connectivity index (χ0v) is 22.6. The van der Waals surface area contributed by atoms with Gasteiger partial charge in [-0.3, -0.25) is 24.0 Å². The Morgan fingerprint density at radius 3 is 2.31 bits per heavy atom. The Labute approximate surface area is 220 Å². The van der Waals surface area contributed by atoms with Crippen molar-refractivity contribution in [3.63, 3.8) is 0 Å². The number of non-ortho nitro benzene ring substituents is 1. The third-order valence-electron chi connectivity index (χ3n) is 5.16. The van der Waals surface area contributed by atoms with Gasteiger partial charge in [-0.05, 0) is 44.0 Å². The highest BCUT2D eigenvalue weighted by Crippen LogP contribution is 2.26. The van der Waals surface area contributed by atoms with Crippen LogP contribution in [-0.2, 0) is 26.2 Å². The fourth-order valence-corrected chi connectivity index (χ4v) is 4.67. The first-order valence-electron chi connectivity index (χ1n) is 11.0.